The van der Waals surface area contributed by atoms with E-state index in [0.29, 0.717) is 16.0 Å². The van der Waals surface area contributed by atoms with Gasteiger partial charge >= 0.3 is 0 Å². The molecular formula is C13H14Cl2O. The first-order chi connectivity index (χ1) is 7.70. The Bertz CT molecular complexity index is 382. The molecule has 0 aliphatic heterocycles. The maximum atomic E-state index is 10.7. The molecule has 0 amide bonds. The van der Waals surface area contributed by atoms with Crippen molar-refractivity contribution in [1.82, 2.24) is 0 Å². The lowest BCUT2D eigenvalue weighted by Gasteiger charge is -2.25. The van der Waals surface area contributed by atoms with Gasteiger partial charge in [-0.15, -0.1) is 0 Å². The lowest BCUT2D eigenvalue weighted by molar-refractivity contribution is -0.111. The first-order valence-corrected chi connectivity index (χ1v) is 6.36. The Morgan fingerprint density at radius 2 is 1.75 bits per heavy atom. The maximum Gasteiger partial charge on any atom is 0.123 e. The number of aldehydes is 1. The molecule has 0 radical (unpaired) electrons. The van der Waals surface area contributed by atoms with E-state index in [9.17, 15) is 4.79 Å². The topological polar surface area (TPSA) is 17.1 Å². The van der Waals surface area contributed by atoms with Crippen molar-refractivity contribution in [2.75, 3.05) is 0 Å². The Balaban J connectivity index is 2.08. The van der Waals surface area contributed by atoms with Gasteiger partial charge in [0.25, 0.3) is 0 Å². The second kappa shape index (κ2) is 5.20. The molecule has 0 bridgehead atoms. The molecule has 86 valence electrons. The van der Waals surface area contributed by atoms with Crippen LogP contribution in [0.2, 0.25) is 10.0 Å². The first kappa shape index (κ1) is 11.9. The third-order valence-corrected chi connectivity index (χ3v) is 4.12. The van der Waals surface area contributed by atoms with Gasteiger partial charge in [0.05, 0.1) is 10.0 Å². The summed E-state index contributed by atoms with van der Waals surface area (Å²) in [5, 5.41) is 1.23. The molecule has 0 atom stereocenters. The van der Waals surface area contributed by atoms with Crippen LogP contribution in [0.1, 0.15) is 37.2 Å². The van der Waals surface area contributed by atoms with Crippen LogP contribution in [0.4, 0.5) is 0 Å². The summed E-state index contributed by atoms with van der Waals surface area (Å²) in [7, 11) is 0. The summed E-state index contributed by atoms with van der Waals surface area (Å²) in [6.07, 6.45) is 5.22. The molecule has 1 fully saturated rings. The minimum Gasteiger partial charge on any atom is -0.303 e. The lowest BCUT2D eigenvalue weighted by Crippen LogP contribution is -2.14. The van der Waals surface area contributed by atoms with Crippen molar-refractivity contribution < 1.29 is 4.79 Å². The number of hydrogen-bond acceptors (Lipinski definition) is 1. The molecule has 0 unspecified atom stereocenters. The van der Waals surface area contributed by atoms with E-state index in [0.717, 1.165) is 32.0 Å². The highest BCUT2D eigenvalue weighted by atomic mass is 35.5. The van der Waals surface area contributed by atoms with Crippen LogP contribution < -0.4 is 0 Å². The fourth-order valence-corrected chi connectivity index (χ4v) is 2.66. The minimum atomic E-state index is 0.263. The highest BCUT2D eigenvalue weighted by molar-refractivity contribution is 6.42. The fraction of sp³-hybridized carbons (Fsp3) is 0.462. The summed E-state index contributed by atoms with van der Waals surface area (Å²) in [5.41, 5.74) is 1.25. The molecule has 0 aromatic heterocycles. The monoisotopic (exact) mass is 256 g/mol. The lowest BCUT2D eigenvalue weighted by atomic mass is 9.79. The molecular weight excluding hydrogens is 243 g/mol. The van der Waals surface area contributed by atoms with E-state index in [1.807, 2.05) is 18.2 Å². The summed E-state index contributed by atoms with van der Waals surface area (Å²) in [6.45, 7) is 0. The van der Waals surface area contributed by atoms with Crippen LogP contribution >= 0.6 is 23.2 Å². The van der Waals surface area contributed by atoms with Gasteiger partial charge in [-0.05, 0) is 49.3 Å². The first-order valence-electron chi connectivity index (χ1n) is 5.61. The Morgan fingerprint density at radius 3 is 2.31 bits per heavy atom. The van der Waals surface area contributed by atoms with Crippen LogP contribution in [-0.4, -0.2) is 6.29 Å². The van der Waals surface area contributed by atoms with Gasteiger partial charge in [0.15, 0.2) is 0 Å². The average molecular weight is 257 g/mol. The van der Waals surface area contributed by atoms with Gasteiger partial charge in [0, 0.05) is 5.92 Å². The standard InChI is InChI=1S/C13H14Cl2O/c14-12-6-5-11(7-13(12)15)10-3-1-9(8-16)2-4-10/h5-10H,1-4H2. The smallest absolute Gasteiger partial charge is 0.123 e. The number of rotatable bonds is 2. The number of carbonyl (C=O) groups is 1. The fourth-order valence-electron chi connectivity index (χ4n) is 2.35. The normalized spacial score (nSPS) is 25.4. The van der Waals surface area contributed by atoms with Crippen molar-refractivity contribution in [2.45, 2.75) is 31.6 Å². The molecule has 1 aliphatic rings. The average Bonchev–Trinajstić information content (AvgIpc) is 2.33. The van der Waals surface area contributed by atoms with E-state index < -0.39 is 0 Å². The molecule has 3 heteroatoms. The molecule has 0 heterocycles. The second-order valence-corrected chi connectivity index (χ2v) is 5.24. The third-order valence-electron chi connectivity index (χ3n) is 3.38. The summed E-state index contributed by atoms with van der Waals surface area (Å²) in [5.74, 6) is 0.796. The summed E-state index contributed by atoms with van der Waals surface area (Å²) in [6, 6.07) is 5.85. The summed E-state index contributed by atoms with van der Waals surface area (Å²) in [4.78, 5) is 10.7. The quantitative estimate of drug-likeness (QED) is 0.714. The largest absolute Gasteiger partial charge is 0.303 e. The zero-order valence-corrected chi connectivity index (χ0v) is 10.5. The molecule has 1 aliphatic carbocycles. The Hall–Kier alpha value is -0.530. The summed E-state index contributed by atoms with van der Waals surface area (Å²) < 4.78 is 0. The maximum absolute atomic E-state index is 10.7. The van der Waals surface area contributed by atoms with Crippen molar-refractivity contribution in [1.29, 1.82) is 0 Å². The van der Waals surface area contributed by atoms with Crippen LogP contribution in [0.25, 0.3) is 0 Å². The van der Waals surface area contributed by atoms with Crippen molar-refractivity contribution >= 4 is 29.5 Å². The van der Waals surface area contributed by atoms with Gasteiger partial charge in [-0.3, -0.25) is 0 Å². The molecule has 1 aromatic rings. The highest BCUT2D eigenvalue weighted by Crippen LogP contribution is 2.36. The number of benzene rings is 1. The molecule has 1 saturated carbocycles. The van der Waals surface area contributed by atoms with Crippen LogP contribution in [0, 0.1) is 5.92 Å². The molecule has 1 nitrogen and oxygen atoms in total. The van der Waals surface area contributed by atoms with Gasteiger partial charge in [0.1, 0.15) is 6.29 Å². The Morgan fingerprint density at radius 1 is 1.06 bits per heavy atom. The van der Waals surface area contributed by atoms with Gasteiger partial charge in [0.2, 0.25) is 0 Å². The van der Waals surface area contributed by atoms with Crippen molar-refractivity contribution in [2.24, 2.45) is 5.92 Å². The van der Waals surface area contributed by atoms with E-state index in [2.05, 4.69) is 0 Å². The van der Waals surface area contributed by atoms with E-state index >= 15 is 0 Å². The number of hydrogen-bond donors (Lipinski definition) is 0. The predicted molar refractivity (Wildman–Crippen MR) is 67.2 cm³/mol. The van der Waals surface area contributed by atoms with Gasteiger partial charge < -0.3 is 4.79 Å². The zero-order valence-electron chi connectivity index (χ0n) is 8.96. The third kappa shape index (κ3) is 2.58. The molecule has 16 heavy (non-hydrogen) atoms. The molecule has 2 rings (SSSR count). The van der Waals surface area contributed by atoms with Crippen LogP contribution in [0.15, 0.2) is 18.2 Å². The SMILES string of the molecule is O=CC1CCC(c2ccc(Cl)c(Cl)c2)CC1. The Labute approximate surface area is 106 Å². The summed E-state index contributed by atoms with van der Waals surface area (Å²) >= 11 is 11.9. The predicted octanol–water partition coefficient (Wildman–Crippen LogP) is 4.47. The van der Waals surface area contributed by atoms with E-state index in [1.165, 1.54) is 5.56 Å². The molecule has 0 saturated heterocycles. The highest BCUT2D eigenvalue weighted by Gasteiger charge is 2.22. The van der Waals surface area contributed by atoms with E-state index in [4.69, 9.17) is 23.2 Å². The van der Waals surface area contributed by atoms with Crippen LogP contribution in [0.5, 0.6) is 0 Å². The van der Waals surface area contributed by atoms with Crippen molar-refractivity contribution in [3.63, 3.8) is 0 Å². The number of halogens is 2. The van der Waals surface area contributed by atoms with Gasteiger partial charge in [-0.25, -0.2) is 0 Å². The molecule has 1 aromatic carbocycles. The minimum absolute atomic E-state index is 0.263. The van der Waals surface area contributed by atoms with E-state index in [-0.39, 0.29) is 5.92 Å². The van der Waals surface area contributed by atoms with Crippen molar-refractivity contribution in [3.05, 3.63) is 33.8 Å². The van der Waals surface area contributed by atoms with Crippen molar-refractivity contribution in [3.8, 4) is 0 Å². The number of carbonyl (C=O) groups excluding carboxylic acids is 1. The van der Waals surface area contributed by atoms with E-state index in [1.54, 1.807) is 0 Å². The second-order valence-electron chi connectivity index (χ2n) is 4.42. The van der Waals surface area contributed by atoms with Gasteiger partial charge in [-0.1, -0.05) is 29.3 Å². The zero-order chi connectivity index (χ0) is 11.5. The van der Waals surface area contributed by atoms with Crippen LogP contribution in [-0.2, 0) is 4.79 Å². The van der Waals surface area contributed by atoms with Crippen LogP contribution in [0.3, 0.4) is 0 Å². The Kier molecular flexibility index (Phi) is 3.88. The molecule has 0 spiro atoms. The molecule has 0 N–H and O–H groups in total. The van der Waals surface area contributed by atoms with Gasteiger partial charge in [-0.2, -0.15) is 0 Å².